The van der Waals surface area contributed by atoms with Crippen LogP contribution < -0.4 is 5.73 Å². The first-order chi connectivity index (χ1) is 6.72. The van der Waals surface area contributed by atoms with Gasteiger partial charge in [-0.25, -0.2) is 9.78 Å². The first-order valence-corrected chi connectivity index (χ1v) is 4.56. The lowest BCUT2D eigenvalue weighted by Gasteiger charge is -2.05. The molecule has 74 valence electrons. The van der Waals surface area contributed by atoms with Gasteiger partial charge in [0.2, 0.25) is 0 Å². The van der Waals surface area contributed by atoms with Crippen molar-refractivity contribution >= 4 is 11.7 Å². The van der Waals surface area contributed by atoms with Crippen LogP contribution in [0.5, 0.6) is 0 Å². The normalized spacial score (nSPS) is 15.2. The molecule has 0 radical (unpaired) electrons. The minimum atomic E-state index is -0.410. The highest BCUT2D eigenvalue weighted by Crippen LogP contribution is 2.42. The van der Waals surface area contributed by atoms with E-state index in [0.717, 1.165) is 18.4 Å². The maximum absolute atomic E-state index is 11.2. The second-order valence-electron chi connectivity index (χ2n) is 3.46. The third-order valence-electron chi connectivity index (χ3n) is 2.38. The van der Waals surface area contributed by atoms with Gasteiger partial charge in [0.05, 0.1) is 19.0 Å². The van der Waals surface area contributed by atoms with E-state index >= 15 is 0 Å². The Morgan fingerprint density at radius 2 is 2.36 bits per heavy atom. The summed E-state index contributed by atoms with van der Waals surface area (Å²) in [5.41, 5.74) is 7.79. The Labute approximate surface area is 82.1 Å². The summed E-state index contributed by atoms with van der Waals surface area (Å²) in [6.07, 6.45) is 3.82. The van der Waals surface area contributed by atoms with Crippen LogP contribution in [0, 0.1) is 0 Å². The second-order valence-corrected chi connectivity index (χ2v) is 3.46. The molecule has 1 saturated carbocycles. The lowest BCUT2D eigenvalue weighted by Crippen LogP contribution is -2.06. The number of methoxy groups -OCH3 is 1. The summed E-state index contributed by atoms with van der Waals surface area (Å²) in [5.74, 6) is 0.105. The van der Waals surface area contributed by atoms with Gasteiger partial charge in [0.15, 0.2) is 0 Å². The fraction of sp³-hybridized carbons (Fsp3) is 0.400. The molecule has 2 rings (SSSR count). The van der Waals surface area contributed by atoms with Crippen LogP contribution in [0.4, 0.5) is 5.69 Å². The van der Waals surface area contributed by atoms with Crippen molar-refractivity contribution in [1.29, 1.82) is 0 Å². The van der Waals surface area contributed by atoms with Crippen molar-refractivity contribution in [2.45, 2.75) is 18.8 Å². The van der Waals surface area contributed by atoms with E-state index in [4.69, 9.17) is 5.73 Å². The van der Waals surface area contributed by atoms with Crippen molar-refractivity contribution in [3.63, 3.8) is 0 Å². The van der Waals surface area contributed by atoms with Gasteiger partial charge in [0, 0.05) is 0 Å². The van der Waals surface area contributed by atoms with Crippen molar-refractivity contribution < 1.29 is 9.53 Å². The number of carbonyl (C=O) groups excluding carboxylic acids is 1. The molecule has 14 heavy (non-hydrogen) atoms. The number of rotatable bonds is 2. The van der Waals surface area contributed by atoms with Crippen LogP contribution in [0.1, 0.15) is 34.8 Å². The summed E-state index contributed by atoms with van der Waals surface area (Å²) in [6, 6.07) is 1.73. The highest BCUT2D eigenvalue weighted by atomic mass is 16.5. The molecule has 1 aromatic heterocycles. The van der Waals surface area contributed by atoms with Gasteiger partial charge in [0.1, 0.15) is 5.69 Å². The van der Waals surface area contributed by atoms with Gasteiger partial charge >= 0.3 is 5.97 Å². The lowest BCUT2D eigenvalue weighted by atomic mass is 10.1. The Morgan fingerprint density at radius 3 is 2.93 bits per heavy atom. The molecule has 0 saturated heterocycles. The standard InChI is InChI=1S/C10H12N2O2/c1-14-10(13)9-4-7(6-2-3-6)8(11)5-12-9/h4-6H,2-3,11H2,1H3. The van der Waals surface area contributed by atoms with Crippen LogP contribution in [0.25, 0.3) is 0 Å². The number of ether oxygens (including phenoxy) is 1. The van der Waals surface area contributed by atoms with E-state index in [0.29, 0.717) is 17.3 Å². The van der Waals surface area contributed by atoms with Crippen LogP contribution >= 0.6 is 0 Å². The molecule has 0 spiro atoms. The molecule has 0 atom stereocenters. The smallest absolute Gasteiger partial charge is 0.356 e. The molecule has 4 nitrogen and oxygen atoms in total. The molecule has 0 amide bonds. The maximum Gasteiger partial charge on any atom is 0.356 e. The quantitative estimate of drug-likeness (QED) is 0.718. The number of anilines is 1. The highest BCUT2D eigenvalue weighted by molar-refractivity contribution is 5.87. The van der Waals surface area contributed by atoms with E-state index in [9.17, 15) is 4.79 Å². The van der Waals surface area contributed by atoms with E-state index in [-0.39, 0.29) is 0 Å². The van der Waals surface area contributed by atoms with Gasteiger partial charge in [-0.2, -0.15) is 0 Å². The van der Waals surface area contributed by atoms with E-state index in [1.54, 1.807) is 6.07 Å². The topological polar surface area (TPSA) is 65.2 Å². The number of pyridine rings is 1. The van der Waals surface area contributed by atoms with Gasteiger partial charge < -0.3 is 10.5 Å². The monoisotopic (exact) mass is 192 g/mol. The molecular weight excluding hydrogens is 180 g/mol. The molecule has 4 heteroatoms. The number of hydrogen-bond donors (Lipinski definition) is 1. The predicted molar refractivity (Wildman–Crippen MR) is 52.0 cm³/mol. The predicted octanol–water partition coefficient (Wildman–Crippen LogP) is 1.33. The number of nitrogens with zero attached hydrogens (tertiary/aromatic N) is 1. The Kier molecular flexibility index (Phi) is 2.11. The molecule has 0 aromatic carbocycles. The Bertz CT molecular complexity index is 372. The summed E-state index contributed by atoms with van der Waals surface area (Å²) in [5, 5.41) is 0. The molecule has 1 aliphatic rings. The highest BCUT2D eigenvalue weighted by Gasteiger charge is 2.26. The number of hydrogen-bond acceptors (Lipinski definition) is 4. The van der Waals surface area contributed by atoms with E-state index < -0.39 is 5.97 Å². The Balaban J connectivity index is 2.35. The van der Waals surface area contributed by atoms with Gasteiger partial charge in [-0.1, -0.05) is 0 Å². The second kappa shape index (κ2) is 3.29. The molecule has 1 aliphatic carbocycles. The summed E-state index contributed by atoms with van der Waals surface area (Å²) < 4.78 is 4.59. The van der Waals surface area contributed by atoms with Crippen LogP contribution in [0.15, 0.2) is 12.3 Å². The van der Waals surface area contributed by atoms with Crippen LogP contribution in [0.2, 0.25) is 0 Å². The van der Waals surface area contributed by atoms with E-state index in [2.05, 4.69) is 9.72 Å². The summed E-state index contributed by atoms with van der Waals surface area (Å²) >= 11 is 0. The fourth-order valence-electron chi connectivity index (χ4n) is 1.45. The van der Waals surface area contributed by atoms with Crippen molar-refractivity contribution in [3.8, 4) is 0 Å². The maximum atomic E-state index is 11.2. The van der Waals surface area contributed by atoms with Crippen molar-refractivity contribution in [3.05, 3.63) is 23.5 Å². The number of aromatic nitrogens is 1. The number of esters is 1. The van der Waals surface area contributed by atoms with Gasteiger partial charge in [-0.3, -0.25) is 0 Å². The molecule has 1 heterocycles. The fourth-order valence-corrected chi connectivity index (χ4v) is 1.45. The Hall–Kier alpha value is -1.58. The zero-order valence-electron chi connectivity index (χ0n) is 7.99. The number of carbonyl (C=O) groups is 1. The summed E-state index contributed by atoms with van der Waals surface area (Å²) in [6.45, 7) is 0. The Morgan fingerprint density at radius 1 is 1.64 bits per heavy atom. The molecule has 1 aromatic rings. The third-order valence-corrected chi connectivity index (χ3v) is 2.38. The number of nitrogen functional groups attached to an aromatic ring is 1. The largest absolute Gasteiger partial charge is 0.464 e. The molecule has 0 bridgehead atoms. The van der Waals surface area contributed by atoms with Crippen molar-refractivity contribution in [2.75, 3.05) is 12.8 Å². The molecule has 0 unspecified atom stereocenters. The van der Waals surface area contributed by atoms with Crippen molar-refractivity contribution in [1.82, 2.24) is 4.98 Å². The summed E-state index contributed by atoms with van der Waals surface area (Å²) in [7, 11) is 1.34. The summed E-state index contributed by atoms with van der Waals surface area (Å²) in [4.78, 5) is 15.1. The minimum Gasteiger partial charge on any atom is -0.464 e. The van der Waals surface area contributed by atoms with Gasteiger partial charge in [-0.15, -0.1) is 0 Å². The van der Waals surface area contributed by atoms with Gasteiger partial charge in [0.25, 0.3) is 0 Å². The van der Waals surface area contributed by atoms with Gasteiger partial charge in [-0.05, 0) is 30.4 Å². The number of nitrogens with two attached hydrogens (primary N) is 1. The lowest BCUT2D eigenvalue weighted by molar-refractivity contribution is 0.0594. The zero-order valence-corrected chi connectivity index (χ0v) is 7.99. The molecule has 2 N–H and O–H groups in total. The minimum absolute atomic E-state index is 0.337. The third kappa shape index (κ3) is 1.55. The first kappa shape index (κ1) is 8.99. The average molecular weight is 192 g/mol. The van der Waals surface area contributed by atoms with Crippen LogP contribution in [-0.4, -0.2) is 18.1 Å². The van der Waals surface area contributed by atoms with Crippen LogP contribution in [0.3, 0.4) is 0 Å². The molecule has 1 fully saturated rings. The van der Waals surface area contributed by atoms with E-state index in [1.165, 1.54) is 13.3 Å². The SMILES string of the molecule is COC(=O)c1cc(C2CC2)c(N)cn1. The van der Waals surface area contributed by atoms with E-state index in [1.807, 2.05) is 0 Å². The first-order valence-electron chi connectivity index (χ1n) is 4.56. The molecule has 0 aliphatic heterocycles. The zero-order chi connectivity index (χ0) is 10.1. The average Bonchev–Trinajstić information content (AvgIpc) is 3.01. The van der Waals surface area contributed by atoms with Crippen LogP contribution in [-0.2, 0) is 4.74 Å². The van der Waals surface area contributed by atoms with Crippen molar-refractivity contribution in [2.24, 2.45) is 0 Å². The molecular formula is C10H12N2O2.